The van der Waals surface area contributed by atoms with E-state index in [0.29, 0.717) is 12.2 Å². The molecule has 0 radical (unpaired) electrons. The zero-order valence-corrected chi connectivity index (χ0v) is 17.7. The predicted octanol–water partition coefficient (Wildman–Crippen LogP) is -0.795. The average molecular weight is 441 g/mol. The molecule has 0 aliphatic rings. The van der Waals surface area contributed by atoms with E-state index in [-0.39, 0.29) is 12.2 Å². The van der Waals surface area contributed by atoms with Crippen LogP contribution in [-0.2, 0) is 25.6 Å². The summed E-state index contributed by atoms with van der Waals surface area (Å²) in [4.78, 5) is 47.4. The number of benzene rings is 1. The summed E-state index contributed by atoms with van der Waals surface area (Å²) in [6.07, 6.45) is 2.41. The first-order chi connectivity index (χ1) is 14.1. The Hall–Kier alpha value is -2.79. The first kappa shape index (κ1) is 25.2. The molecule has 3 amide bonds. The number of carboxylic acid groups (broad SMARTS) is 1. The van der Waals surface area contributed by atoms with Crippen LogP contribution in [0, 0.1) is 0 Å². The first-order valence-electron chi connectivity index (χ1n) is 9.26. The van der Waals surface area contributed by atoms with E-state index in [2.05, 4.69) is 16.0 Å². The van der Waals surface area contributed by atoms with E-state index in [1.54, 1.807) is 12.1 Å². The smallest absolute Gasteiger partial charge is 0.325 e. The van der Waals surface area contributed by atoms with Crippen molar-refractivity contribution in [3.8, 4) is 5.75 Å². The van der Waals surface area contributed by atoms with Gasteiger partial charge in [-0.15, -0.1) is 0 Å². The lowest BCUT2D eigenvalue weighted by Gasteiger charge is -2.20. The number of hydrogen-bond donors (Lipinski definition) is 6. The lowest BCUT2D eigenvalue weighted by atomic mass is 10.1. The second kappa shape index (κ2) is 12.7. The average Bonchev–Trinajstić information content (AvgIpc) is 2.70. The van der Waals surface area contributed by atoms with Crippen molar-refractivity contribution in [2.45, 2.75) is 37.9 Å². The number of nitrogens with two attached hydrogens (primary N) is 1. The Morgan fingerprint density at radius 1 is 1.10 bits per heavy atom. The Morgan fingerprint density at radius 2 is 1.73 bits per heavy atom. The van der Waals surface area contributed by atoms with Crippen LogP contribution in [0.4, 0.5) is 0 Å². The van der Waals surface area contributed by atoms with Crippen LogP contribution >= 0.6 is 11.8 Å². The summed E-state index contributed by atoms with van der Waals surface area (Å²) in [6.45, 7) is 0.890. The molecule has 0 saturated carbocycles. The molecule has 10 nitrogen and oxygen atoms in total. The normalized spacial score (nSPS) is 13.6. The molecule has 0 spiro atoms. The maximum atomic E-state index is 12.4. The first-order valence-corrected chi connectivity index (χ1v) is 10.7. The van der Waals surface area contributed by atoms with Gasteiger partial charge < -0.3 is 31.9 Å². The van der Waals surface area contributed by atoms with E-state index in [0.717, 1.165) is 5.56 Å². The molecule has 1 aromatic carbocycles. The zero-order chi connectivity index (χ0) is 22.7. The second-order valence-electron chi connectivity index (χ2n) is 6.66. The van der Waals surface area contributed by atoms with Crippen molar-refractivity contribution in [3.63, 3.8) is 0 Å². The van der Waals surface area contributed by atoms with Crippen molar-refractivity contribution in [1.29, 1.82) is 0 Å². The second-order valence-corrected chi connectivity index (χ2v) is 7.65. The molecule has 0 aliphatic heterocycles. The molecule has 7 N–H and O–H groups in total. The number of nitrogens with one attached hydrogen (secondary N) is 3. The Labute approximate surface area is 179 Å². The molecule has 0 aliphatic carbocycles. The van der Waals surface area contributed by atoms with Crippen LogP contribution in [0.1, 0.15) is 18.9 Å². The van der Waals surface area contributed by atoms with Gasteiger partial charge in [0.25, 0.3) is 0 Å². The van der Waals surface area contributed by atoms with Crippen molar-refractivity contribution in [2.75, 3.05) is 18.6 Å². The number of aliphatic carboxylic acids is 1. The molecule has 166 valence electrons. The molecular formula is C19H28N4O6S. The quantitative estimate of drug-likeness (QED) is 0.245. The molecule has 0 aromatic heterocycles. The lowest BCUT2D eigenvalue weighted by molar-refractivity contribution is -0.141. The van der Waals surface area contributed by atoms with Crippen LogP contribution in [0.3, 0.4) is 0 Å². The van der Waals surface area contributed by atoms with Crippen LogP contribution in [-0.4, -0.2) is 70.6 Å². The number of carbonyl (C=O) groups excluding carboxylic acids is 3. The molecule has 0 heterocycles. The number of hydrogen-bond acceptors (Lipinski definition) is 7. The summed E-state index contributed by atoms with van der Waals surface area (Å²) in [7, 11) is 0. The van der Waals surface area contributed by atoms with E-state index >= 15 is 0 Å². The zero-order valence-electron chi connectivity index (χ0n) is 16.9. The number of aromatic hydroxyl groups is 1. The number of phenolic OH excluding ortho intramolecular Hbond substituents is 1. The number of amides is 3. The summed E-state index contributed by atoms with van der Waals surface area (Å²) < 4.78 is 0. The molecule has 0 bridgehead atoms. The summed E-state index contributed by atoms with van der Waals surface area (Å²) in [5, 5.41) is 25.3. The highest BCUT2D eigenvalue weighted by Gasteiger charge is 2.24. The number of phenols is 1. The number of carbonyl (C=O) groups is 4. The molecular weight excluding hydrogens is 412 g/mol. The topological polar surface area (TPSA) is 171 Å². The maximum Gasteiger partial charge on any atom is 0.325 e. The van der Waals surface area contributed by atoms with Gasteiger partial charge in [0.15, 0.2) is 0 Å². The Kier molecular flexibility index (Phi) is 10.7. The lowest BCUT2D eigenvalue weighted by Crippen LogP contribution is -2.53. The van der Waals surface area contributed by atoms with Crippen molar-refractivity contribution in [1.82, 2.24) is 16.0 Å². The Balaban J connectivity index is 2.62. The van der Waals surface area contributed by atoms with Gasteiger partial charge in [0, 0.05) is 0 Å². The van der Waals surface area contributed by atoms with E-state index in [9.17, 15) is 24.3 Å². The van der Waals surface area contributed by atoms with E-state index in [1.807, 2.05) is 6.26 Å². The van der Waals surface area contributed by atoms with Crippen LogP contribution in [0.5, 0.6) is 5.75 Å². The van der Waals surface area contributed by atoms with Gasteiger partial charge in [-0.05, 0) is 49.5 Å². The van der Waals surface area contributed by atoms with Gasteiger partial charge in [0.1, 0.15) is 17.8 Å². The standard InChI is InChI=1S/C19H28N4O6S/c1-11(19(28)29)22-16(25)10-21-18(27)15(7-8-30-2)23-17(26)14(20)9-12-3-5-13(24)6-4-12/h3-6,11,14-15,24H,7-10,20H2,1-2H3,(H,21,27)(H,22,25)(H,23,26)(H,28,29). The third kappa shape index (κ3) is 9.14. The van der Waals surface area contributed by atoms with Crippen molar-refractivity contribution < 1.29 is 29.4 Å². The van der Waals surface area contributed by atoms with Crippen LogP contribution in [0.25, 0.3) is 0 Å². The van der Waals surface area contributed by atoms with E-state index in [4.69, 9.17) is 10.8 Å². The van der Waals surface area contributed by atoms with Crippen molar-refractivity contribution >= 4 is 35.5 Å². The molecule has 1 aromatic rings. The molecule has 3 atom stereocenters. The highest BCUT2D eigenvalue weighted by Crippen LogP contribution is 2.11. The molecule has 0 fully saturated rings. The summed E-state index contributed by atoms with van der Waals surface area (Å²) in [5.41, 5.74) is 6.69. The monoisotopic (exact) mass is 440 g/mol. The molecule has 30 heavy (non-hydrogen) atoms. The third-order valence-corrected chi connectivity index (χ3v) is 4.79. The summed E-state index contributed by atoms with van der Waals surface area (Å²) in [6, 6.07) is 3.41. The Morgan fingerprint density at radius 3 is 2.30 bits per heavy atom. The summed E-state index contributed by atoms with van der Waals surface area (Å²) >= 11 is 1.49. The Bertz CT molecular complexity index is 743. The minimum Gasteiger partial charge on any atom is -0.508 e. The molecule has 3 unspecified atom stereocenters. The van der Waals surface area contributed by atoms with Gasteiger partial charge in [-0.1, -0.05) is 12.1 Å². The summed E-state index contributed by atoms with van der Waals surface area (Å²) in [5.74, 6) is -2.24. The third-order valence-electron chi connectivity index (χ3n) is 4.14. The van der Waals surface area contributed by atoms with Crippen LogP contribution in [0.2, 0.25) is 0 Å². The minimum atomic E-state index is -1.19. The van der Waals surface area contributed by atoms with Gasteiger partial charge in [-0.3, -0.25) is 19.2 Å². The molecule has 1 rings (SSSR count). The number of carboxylic acids is 1. The number of rotatable bonds is 12. The predicted molar refractivity (Wildman–Crippen MR) is 113 cm³/mol. The number of thioether (sulfide) groups is 1. The van der Waals surface area contributed by atoms with Gasteiger partial charge in [0.2, 0.25) is 17.7 Å². The van der Waals surface area contributed by atoms with Gasteiger partial charge in [-0.25, -0.2) is 0 Å². The molecule has 0 saturated heterocycles. The van der Waals surface area contributed by atoms with Gasteiger partial charge in [0.05, 0.1) is 12.6 Å². The van der Waals surface area contributed by atoms with Crippen LogP contribution < -0.4 is 21.7 Å². The minimum absolute atomic E-state index is 0.104. The highest BCUT2D eigenvalue weighted by molar-refractivity contribution is 7.98. The fourth-order valence-electron chi connectivity index (χ4n) is 2.41. The SMILES string of the molecule is CSCCC(NC(=O)C(N)Cc1ccc(O)cc1)C(=O)NCC(=O)NC(C)C(=O)O. The van der Waals surface area contributed by atoms with Crippen LogP contribution in [0.15, 0.2) is 24.3 Å². The van der Waals surface area contributed by atoms with Gasteiger partial charge >= 0.3 is 5.97 Å². The van der Waals surface area contributed by atoms with E-state index < -0.39 is 48.4 Å². The van der Waals surface area contributed by atoms with Gasteiger partial charge in [-0.2, -0.15) is 11.8 Å². The fraction of sp³-hybridized carbons (Fsp3) is 0.474. The van der Waals surface area contributed by atoms with Crippen molar-refractivity contribution in [3.05, 3.63) is 29.8 Å². The van der Waals surface area contributed by atoms with Crippen molar-refractivity contribution in [2.24, 2.45) is 5.73 Å². The maximum absolute atomic E-state index is 12.4. The molecule has 11 heteroatoms. The fourth-order valence-corrected chi connectivity index (χ4v) is 2.88. The highest BCUT2D eigenvalue weighted by atomic mass is 32.2. The largest absolute Gasteiger partial charge is 0.508 e. The van der Waals surface area contributed by atoms with E-state index in [1.165, 1.54) is 30.8 Å².